The lowest BCUT2D eigenvalue weighted by Gasteiger charge is -2.22. The molecule has 3 heterocycles. The van der Waals surface area contributed by atoms with Crippen molar-refractivity contribution in [2.24, 2.45) is 11.8 Å². The average molecular weight is 686 g/mol. The summed E-state index contributed by atoms with van der Waals surface area (Å²) in [5, 5.41) is 7.15. The van der Waals surface area contributed by atoms with Gasteiger partial charge in [0.1, 0.15) is 0 Å². The fourth-order valence-electron chi connectivity index (χ4n) is 9.41. The molecule has 4 atom stereocenters. The number of benzene rings is 4. The molecule has 0 saturated heterocycles. The van der Waals surface area contributed by atoms with E-state index >= 15 is 0 Å². The fraction of sp³-hybridized carbons (Fsp3) is 0.188. The van der Waals surface area contributed by atoms with Gasteiger partial charge in [0.2, 0.25) is 0 Å². The second-order valence-electron chi connectivity index (χ2n) is 15.7. The molecule has 5 heteroatoms. The van der Waals surface area contributed by atoms with Crippen molar-refractivity contribution in [3.8, 4) is 45.0 Å². The summed E-state index contributed by atoms with van der Waals surface area (Å²) in [5.74, 6) is 3.45. The second kappa shape index (κ2) is 11.5. The molecule has 1 saturated carbocycles. The lowest BCUT2D eigenvalue weighted by molar-refractivity contribution is 0.660. The standard InChI is InChI=1S/C48H39N5/c1-48(2)39-21-22-42-44(36-15-6-7-16-41(36)50-42)43(39)35-18-17-30(25-40(35)48)29-12-8-13-31(24-29)46-51-45(28-10-4-3-5-11-28)52-47(53-46)34-20-19-33(37-26-38(34)37)32-14-9-23-49-27-32/h3-22,24-25,27,36-38,41,49-50H,23,26H2,1-2H3. The first kappa shape index (κ1) is 30.5. The van der Waals surface area contributed by atoms with Crippen LogP contribution in [0.4, 0.5) is 5.69 Å². The van der Waals surface area contributed by atoms with Crippen LogP contribution >= 0.6 is 0 Å². The third-order valence-corrected chi connectivity index (χ3v) is 12.2. The summed E-state index contributed by atoms with van der Waals surface area (Å²) in [6.07, 6.45) is 21.2. The molecule has 1 aromatic heterocycles. The zero-order valence-corrected chi connectivity index (χ0v) is 29.8. The number of nitrogens with one attached hydrogen (secondary N) is 2. The van der Waals surface area contributed by atoms with Crippen molar-refractivity contribution in [2.75, 3.05) is 11.9 Å². The minimum atomic E-state index is -0.115. The molecular formula is C48H39N5. The summed E-state index contributed by atoms with van der Waals surface area (Å²) >= 11 is 0. The Hall–Kier alpha value is -6.07. The number of dihydropyridines is 1. The van der Waals surface area contributed by atoms with Gasteiger partial charge in [0.25, 0.3) is 0 Å². The van der Waals surface area contributed by atoms with Gasteiger partial charge in [0, 0.05) is 46.5 Å². The van der Waals surface area contributed by atoms with Crippen LogP contribution in [-0.2, 0) is 5.41 Å². The van der Waals surface area contributed by atoms with Crippen molar-refractivity contribution >= 4 is 11.3 Å². The molecule has 0 amide bonds. The van der Waals surface area contributed by atoms with Crippen LogP contribution in [0.15, 0.2) is 151 Å². The number of allylic oxidation sites excluding steroid dienone is 8. The highest BCUT2D eigenvalue weighted by atomic mass is 15.0. The third-order valence-electron chi connectivity index (χ3n) is 12.2. The zero-order valence-electron chi connectivity index (χ0n) is 29.8. The SMILES string of the molecule is CC1(C)c2cc(-c3cccc(-c4nc(C5=CC=C(C6=CNCC=C6)C6CC56)nc(-c5ccccc5)n4)c3)ccc2-c2c1ccc1c2C2C=CC=CC2N1. The Morgan fingerprint density at radius 3 is 2.30 bits per heavy atom. The number of hydrogen-bond donors (Lipinski definition) is 2. The molecule has 0 spiro atoms. The van der Waals surface area contributed by atoms with Gasteiger partial charge in [0.15, 0.2) is 17.5 Å². The molecule has 0 radical (unpaired) electrons. The van der Waals surface area contributed by atoms with E-state index in [1.54, 1.807) is 0 Å². The quantitative estimate of drug-likeness (QED) is 0.193. The van der Waals surface area contributed by atoms with E-state index < -0.39 is 0 Å². The number of anilines is 1. The van der Waals surface area contributed by atoms with E-state index in [0.717, 1.165) is 35.5 Å². The van der Waals surface area contributed by atoms with Gasteiger partial charge in [-0.2, -0.15) is 0 Å². The van der Waals surface area contributed by atoms with Crippen LogP contribution in [0.3, 0.4) is 0 Å². The van der Waals surface area contributed by atoms with Crippen LogP contribution in [0.1, 0.15) is 48.7 Å². The normalized spacial score (nSPS) is 23.3. The topological polar surface area (TPSA) is 62.7 Å². The average Bonchev–Trinajstić information content (AvgIpc) is 3.88. The van der Waals surface area contributed by atoms with E-state index in [0.29, 0.717) is 35.4 Å². The molecule has 4 aromatic carbocycles. The summed E-state index contributed by atoms with van der Waals surface area (Å²) in [7, 11) is 0. The Labute approximate surface area is 310 Å². The Balaban J connectivity index is 0.987. The van der Waals surface area contributed by atoms with Gasteiger partial charge in [-0.3, -0.25) is 0 Å². The minimum Gasteiger partial charge on any atom is -0.387 e. The highest BCUT2D eigenvalue weighted by Gasteiger charge is 2.46. The van der Waals surface area contributed by atoms with Crippen molar-refractivity contribution in [2.45, 2.75) is 37.6 Å². The molecule has 4 aliphatic carbocycles. The Bertz CT molecular complexity index is 2560. The van der Waals surface area contributed by atoms with E-state index in [1.165, 1.54) is 55.8 Å². The predicted octanol–water partition coefficient (Wildman–Crippen LogP) is 10.2. The van der Waals surface area contributed by atoms with Crippen LogP contribution in [-0.4, -0.2) is 27.5 Å². The maximum Gasteiger partial charge on any atom is 0.164 e. The van der Waals surface area contributed by atoms with Gasteiger partial charge in [-0.15, -0.1) is 0 Å². The van der Waals surface area contributed by atoms with E-state index in [2.05, 4.69) is 146 Å². The lowest BCUT2D eigenvalue weighted by Crippen LogP contribution is -2.17. The van der Waals surface area contributed by atoms with Crippen LogP contribution in [0.5, 0.6) is 0 Å². The van der Waals surface area contributed by atoms with Crippen LogP contribution in [0.25, 0.3) is 50.6 Å². The largest absolute Gasteiger partial charge is 0.387 e. The van der Waals surface area contributed by atoms with Gasteiger partial charge in [-0.1, -0.05) is 129 Å². The molecule has 5 aromatic rings. The molecule has 256 valence electrons. The van der Waals surface area contributed by atoms with Crippen LogP contribution in [0, 0.1) is 11.8 Å². The fourth-order valence-corrected chi connectivity index (χ4v) is 9.41. The molecule has 4 unspecified atom stereocenters. The number of aromatic nitrogens is 3. The van der Waals surface area contributed by atoms with Gasteiger partial charge in [-0.05, 0) is 86.5 Å². The first-order valence-electron chi connectivity index (χ1n) is 18.9. The molecule has 0 bridgehead atoms. The van der Waals surface area contributed by atoms with Gasteiger partial charge in [-0.25, -0.2) is 15.0 Å². The monoisotopic (exact) mass is 685 g/mol. The van der Waals surface area contributed by atoms with E-state index in [9.17, 15) is 0 Å². The minimum absolute atomic E-state index is 0.115. The first-order chi connectivity index (χ1) is 26.0. The molecule has 11 rings (SSSR count). The highest BCUT2D eigenvalue weighted by molar-refractivity contribution is 5.91. The van der Waals surface area contributed by atoms with Crippen LogP contribution < -0.4 is 10.6 Å². The number of nitrogens with zero attached hydrogens (tertiary/aromatic N) is 3. The molecule has 5 nitrogen and oxygen atoms in total. The van der Waals surface area contributed by atoms with Gasteiger partial charge >= 0.3 is 0 Å². The zero-order chi connectivity index (χ0) is 35.3. The van der Waals surface area contributed by atoms with Gasteiger partial charge < -0.3 is 10.6 Å². The summed E-state index contributed by atoms with van der Waals surface area (Å²) < 4.78 is 0. The molecule has 53 heavy (non-hydrogen) atoms. The number of fused-ring (bicyclic) bond motifs is 8. The number of rotatable bonds is 5. The van der Waals surface area contributed by atoms with Crippen molar-refractivity contribution in [1.82, 2.24) is 20.3 Å². The molecule has 1 fully saturated rings. The molecule has 2 N–H and O–H groups in total. The third kappa shape index (κ3) is 4.80. The molecular weight excluding hydrogens is 647 g/mol. The number of hydrogen-bond acceptors (Lipinski definition) is 5. The molecule has 6 aliphatic rings. The summed E-state index contributed by atoms with van der Waals surface area (Å²) in [5.41, 5.74) is 16.4. The highest BCUT2D eigenvalue weighted by Crippen LogP contribution is 2.57. The first-order valence-corrected chi connectivity index (χ1v) is 18.9. The predicted molar refractivity (Wildman–Crippen MR) is 215 cm³/mol. The molecule has 2 aliphatic heterocycles. The van der Waals surface area contributed by atoms with Crippen molar-refractivity contribution < 1.29 is 0 Å². The van der Waals surface area contributed by atoms with Crippen LogP contribution in [0.2, 0.25) is 0 Å². The maximum atomic E-state index is 5.20. The van der Waals surface area contributed by atoms with E-state index in [4.69, 9.17) is 15.0 Å². The Morgan fingerprint density at radius 2 is 1.43 bits per heavy atom. The Kier molecular flexibility index (Phi) is 6.61. The van der Waals surface area contributed by atoms with Crippen molar-refractivity contribution in [3.63, 3.8) is 0 Å². The van der Waals surface area contributed by atoms with Crippen molar-refractivity contribution in [3.05, 3.63) is 173 Å². The summed E-state index contributed by atoms with van der Waals surface area (Å²) in [4.78, 5) is 15.4. The Morgan fingerprint density at radius 1 is 0.679 bits per heavy atom. The van der Waals surface area contributed by atoms with Gasteiger partial charge in [0.05, 0.1) is 6.04 Å². The maximum absolute atomic E-state index is 5.20. The summed E-state index contributed by atoms with van der Waals surface area (Å²) in [6, 6.07) is 31.0. The lowest BCUT2D eigenvalue weighted by atomic mass is 9.80. The second-order valence-corrected chi connectivity index (χ2v) is 15.7. The van der Waals surface area contributed by atoms with Crippen molar-refractivity contribution in [1.29, 1.82) is 0 Å². The summed E-state index contributed by atoms with van der Waals surface area (Å²) in [6.45, 7) is 5.64. The smallest absolute Gasteiger partial charge is 0.164 e. The van der Waals surface area contributed by atoms with E-state index in [1.807, 2.05) is 18.2 Å². The van der Waals surface area contributed by atoms with E-state index in [-0.39, 0.29) is 5.41 Å².